The zero-order valence-corrected chi connectivity index (χ0v) is 16.4. The highest BCUT2D eigenvalue weighted by Gasteiger charge is 2.79. The van der Waals surface area contributed by atoms with Crippen molar-refractivity contribution >= 4 is 11.7 Å². The van der Waals surface area contributed by atoms with E-state index in [1.807, 2.05) is 0 Å². The lowest BCUT2D eigenvalue weighted by Crippen LogP contribution is -2.56. The first kappa shape index (κ1) is 16.6. The zero-order valence-electron chi connectivity index (χ0n) is 16.4. The van der Waals surface area contributed by atoms with E-state index in [9.17, 15) is 4.79 Å². The number of ether oxygens (including phenoxy) is 1. The van der Waals surface area contributed by atoms with Gasteiger partial charge in [-0.15, -0.1) is 0 Å². The molecule has 6 aliphatic rings. The van der Waals surface area contributed by atoms with Crippen LogP contribution in [0.5, 0.6) is 0 Å². The normalized spacial score (nSPS) is 52.6. The highest BCUT2D eigenvalue weighted by Crippen LogP contribution is 2.79. The van der Waals surface area contributed by atoms with E-state index in [0.717, 1.165) is 55.6 Å². The molecule has 144 valence electrons. The van der Waals surface area contributed by atoms with Crippen LogP contribution in [-0.2, 0) is 9.53 Å². The Morgan fingerprint density at radius 1 is 1.22 bits per heavy atom. The minimum absolute atomic E-state index is 0.0558. The predicted molar refractivity (Wildman–Crippen MR) is 104 cm³/mol. The van der Waals surface area contributed by atoms with Gasteiger partial charge in [-0.25, -0.2) is 0 Å². The molecule has 1 N–H and O–H groups in total. The van der Waals surface area contributed by atoms with Crippen LogP contribution in [0.1, 0.15) is 64.7 Å². The molecule has 1 saturated heterocycles. The van der Waals surface area contributed by atoms with E-state index in [1.165, 1.54) is 30.4 Å². The van der Waals surface area contributed by atoms with Gasteiger partial charge in [-0.2, -0.15) is 0 Å². The molecule has 6 rings (SSSR count). The Morgan fingerprint density at radius 2 is 2.07 bits per heavy atom. The van der Waals surface area contributed by atoms with E-state index in [-0.39, 0.29) is 17.0 Å². The van der Waals surface area contributed by atoms with Crippen LogP contribution >= 0.6 is 0 Å². The smallest absolute Gasteiger partial charge is 0.306 e. The number of fused-ring (bicyclic) bond motifs is 9. The summed E-state index contributed by atoms with van der Waals surface area (Å²) in [7, 11) is 0. The molecule has 27 heavy (non-hydrogen) atoms. The number of hydrogen-bond donors (Lipinski definition) is 1. The Bertz CT molecular complexity index is 796. The van der Waals surface area contributed by atoms with Crippen LogP contribution in [0.2, 0.25) is 0 Å². The van der Waals surface area contributed by atoms with Crippen molar-refractivity contribution in [2.75, 3.05) is 0 Å². The third-order valence-corrected chi connectivity index (χ3v) is 9.80. The summed E-state index contributed by atoms with van der Waals surface area (Å²) in [6.45, 7) is 6.83. The van der Waals surface area contributed by atoms with Gasteiger partial charge in [0.15, 0.2) is 0 Å². The van der Waals surface area contributed by atoms with E-state index in [0.29, 0.717) is 24.2 Å². The average Bonchev–Trinajstić information content (AvgIpc) is 3.30. The van der Waals surface area contributed by atoms with E-state index in [1.54, 1.807) is 0 Å². The summed E-state index contributed by atoms with van der Waals surface area (Å²) in [5, 5.41) is 8.11. The molecule has 0 bridgehead atoms. The molecule has 5 fully saturated rings. The van der Waals surface area contributed by atoms with Gasteiger partial charge >= 0.3 is 5.97 Å². The van der Waals surface area contributed by atoms with Crippen LogP contribution in [0.25, 0.3) is 0 Å². The Morgan fingerprint density at radius 3 is 2.81 bits per heavy atom. The minimum atomic E-state index is -0.134. The van der Waals surface area contributed by atoms with Gasteiger partial charge in [0.25, 0.3) is 0 Å². The van der Waals surface area contributed by atoms with Gasteiger partial charge in [0, 0.05) is 23.5 Å². The summed E-state index contributed by atoms with van der Waals surface area (Å²) in [5.41, 5.74) is 3.59. The summed E-state index contributed by atoms with van der Waals surface area (Å²) < 4.78 is 6.25. The fraction of sp³-hybridized carbons (Fsp3) is 0.750. The van der Waals surface area contributed by atoms with Crippen molar-refractivity contribution < 1.29 is 9.53 Å². The van der Waals surface area contributed by atoms with Crippen LogP contribution in [0.4, 0.5) is 0 Å². The van der Waals surface area contributed by atoms with Gasteiger partial charge in [-0.1, -0.05) is 19.1 Å². The van der Waals surface area contributed by atoms with Crippen LogP contribution in [0.3, 0.4) is 0 Å². The number of rotatable bonds is 1. The summed E-state index contributed by atoms with van der Waals surface area (Å²) in [5.74, 6) is 4.29. The largest absolute Gasteiger partial charge is 0.458 e. The third-order valence-electron chi connectivity index (χ3n) is 9.80. The van der Waals surface area contributed by atoms with Crippen molar-refractivity contribution in [2.45, 2.75) is 70.3 Å². The number of hydrogen-bond acceptors (Lipinski definition) is 3. The topological polar surface area (TPSA) is 50.2 Å². The SMILES string of the molecule is C=C1CC2C(CC[C@@]3(CC)C2C2CC2[C@@]32CCC(=O)O2)[C@H]2CCC(=N)C=C12. The molecule has 3 nitrogen and oxygen atoms in total. The van der Waals surface area contributed by atoms with Crippen molar-refractivity contribution in [3.63, 3.8) is 0 Å². The van der Waals surface area contributed by atoms with Gasteiger partial charge in [0.2, 0.25) is 0 Å². The second-order valence-corrected chi connectivity index (χ2v) is 10.3. The Kier molecular flexibility index (Phi) is 3.16. The number of esters is 1. The highest BCUT2D eigenvalue weighted by molar-refractivity contribution is 5.94. The van der Waals surface area contributed by atoms with Crippen LogP contribution in [-0.4, -0.2) is 17.3 Å². The molecule has 5 unspecified atom stereocenters. The average molecular weight is 366 g/mol. The molecule has 0 radical (unpaired) electrons. The maximum atomic E-state index is 12.2. The first-order valence-corrected chi connectivity index (χ1v) is 11.2. The molecule has 0 aromatic carbocycles. The molecular formula is C24H31NO2. The molecule has 5 aliphatic carbocycles. The lowest BCUT2D eigenvalue weighted by molar-refractivity contribution is -0.178. The van der Waals surface area contributed by atoms with Crippen molar-refractivity contribution in [1.29, 1.82) is 5.41 Å². The summed E-state index contributed by atoms with van der Waals surface area (Å²) in [6.07, 6.45) is 11.9. The van der Waals surface area contributed by atoms with E-state index < -0.39 is 0 Å². The summed E-state index contributed by atoms with van der Waals surface area (Å²) in [4.78, 5) is 12.2. The van der Waals surface area contributed by atoms with Crippen LogP contribution < -0.4 is 0 Å². The molecule has 0 aromatic heterocycles. The second-order valence-electron chi connectivity index (χ2n) is 10.3. The first-order valence-electron chi connectivity index (χ1n) is 11.2. The molecule has 1 spiro atoms. The van der Waals surface area contributed by atoms with Gasteiger partial charge in [-0.3, -0.25) is 4.79 Å². The van der Waals surface area contributed by atoms with Gasteiger partial charge < -0.3 is 10.1 Å². The Hall–Kier alpha value is -1.38. The third kappa shape index (κ3) is 1.85. The van der Waals surface area contributed by atoms with E-state index in [4.69, 9.17) is 10.1 Å². The molecule has 1 aliphatic heterocycles. The van der Waals surface area contributed by atoms with E-state index in [2.05, 4.69) is 19.6 Å². The van der Waals surface area contributed by atoms with Crippen LogP contribution in [0, 0.1) is 46.3 Å². The summed E-state index contributed by atoms with van der Waals surface area (Å²) >= 11 is 0. The van der Waals surface area contributed by atoms with Crippen LogP contribution in [0.15, 0.2) is 23.8 Å². The molecular weight excluding hydrogens is 334 g/mol. The fourth-order valence-electron chi connectivity index (χ4n) is 8.96. The molecule has 0 amide bonds. The maximum absolute atomic E-state index is 12.2. The number of carbonyl (C=O) groups excluding carboxylic acids is 1. The molecule has 3 heteroatoms. The fourth-order valence-corrected chi connectivity index (χ4v) is 8.96. The first-order chi connectivity index (χ1) is 13.0. The molecule has 1 heterocycles. The van der Waals surface area contributed by atoms with E-state index >= 15 is 0 Å². The quantitative estimate of drug-likeness (QED) is 0.660. The molecule has 0 aromatic rings. The van der Waals surface area contributed by atoms with Gasteiger partial charge in [-0.05, 0) is 92.6 Å². The number of nitrogens with one attached hydrogen (secondary N) is 1. The lowest BCUT2D eigenvalue weighted by Gasteiger charge is -2.58. The standard InChI is InChI=1S/C24H31NO2/c1-3-23-8-6-16-15-5-4-14(25)11-17(15)13(2)10-18(16)22(23)19-12-20(19)24(23)9-7-21(26)27-24/h11,15-16,18-20,22,25H,2-10,12H2,1H3/t15-,16?,18?,19?,20?,22?,23+,24+/m1/s1. The Balaban J connectivity index is 1.42. The van der Waals surface area contributed by atoms with Crippen molar-refractivity contribution in [1.82, 2.24) is 0 Å². The summed E-state index contributed by atoms with van der Waals surface area (Å²) in [6, 6.07) is 0. The van der Waals surface area contributed by atoms with Gasteiger partial charge in [0.05, 0.1) is 0 Å². The van der Waals surface area contributed by atoms with Crippen molar-refractivity contribution in [3.8, 4) is 0 Å². The maximum Gasteiger partial charge on any atom is 0.306 e. The Labute approximate surface area is 162 Å². The zero-order chi connectivity index (χ0) is 18.6. The van der Waals surface area contributed by atoms with Crippen molar-refractivity contribution in [2.24, 2.45) is 40.9 Å². The monoisotopic (exact) mass is 365 g/mol. The minimum Gasteiger partial charge on any atom is -0.458 e. The van der Waals surface area contributed by atoms with Crippen molar-refractivity contribution in [3.05, 3.63) is 23.8 Å². The number of allylic oxidation sites excluding steroid dienone is 3. The molecule has 8 atom stereocenters. The molecule has 4 saturated carbocycles. The second kappa shape index (κ2) is 5.15. The van der Waals surface area contributed by atoms with Gasteiger partial charge in [0.1, 0.15) is 5.60 Å². The lowest BCUT2D eigenvalue weighted by atomic mass is 9.47. The number of carbonyl (C=O) groups is 1. The predicted octanol–water partition coefficient (Wildman–Crippen LogP) is 5.07. The highest BCUT2D eigenvalue weighted by atomic mass is 16.6.